The predicted octanol–water partition coefficient (Wildman–Crippen LogP) is 1.90. The molecule has 2 aromatic heterocycles. The molecular weight excluding hydrogens is 665 g/mol. The van der Waals surface area contributed by atoms with Gasteiger partial charge in [0.2, 0.25) is 11.6 Å². The summed E-state index contributed by atoms with van der Waals surface area (Å²) in [5.74, 6) is 1.02. The minimum Gasteiger partial charge on any atom is -0.470 e. The molecule has 0 bridgehead atoms. The van der Waals surface area contributed by atoms with E-state index in [4.69, 9.17) is 28.4 Å². The lowest BCUT2D eigenvalue weighted by molar-refractivity contribution is -0.157. The summed E-state index contributed by atoms with van der Waals surface area (Å²) in [6.07, 6.45) is -1.56. The van der Waals surface area contributed by atoms with E-state index >= 15 is 0 Å². The summed E-state index contributed by atoms with van der Waals surface area (Å²) in [5, 5.41) is 6.71. The molecule has 0 unspecified atom stereocenters. The fourth-order valence-corrected chi connectivity index (χ4v) is 5.66. The lowest BCUT2D eigenvalue weighted by atomic mass is 10.1. The number of hydrogen-bond donors (Lipinski definition) is 2. The van der Waals surface area contributed by atoms with E-state index in [0.29, 0.717) is 89.1 Å². The van der Waals surface area contributed by atoms with Crippen molar-refractivity contribution in [2.45, 2.75) is 77.7 Å². The molecule has 2 saturated heterocycles. The van der Waals surface area contributed by atoms with Gasteiger partial charge in [-0.15, -0.1) is 8.75 Å². The van der Waals surface area contributed by atoms with Gasteiger partial charge in [-0.25, -0.2) is 0 Å². The maximum absolute atomic E-state index is 12.9. The molecule has 2 N–H and O–H groups in total. The van der Waals surface area contributed by atoms with Gasteiger partial charge in [-0.1, -0.05) is 0 Å². The van der Waals surface area contributed by atoms with Crippen molar-refractivity contribution in [1.82, 2.24) is 28.1 Å². The molecule has 2 aliphatic rings. The van der Waals surface area contributed by atoms with Gasteiger partial charge in [-0.2, -0.15) is 8.75 Å². The monoisotopic (exact) mass is 714 g/mol. The number of hydrogen-bond acceptors (Lipinski definition) is 18. The second-order valence-electron chi connectivity index (χ2n) is 13.6. The molecule has 0 saturated carbocycles. The number of carbonyl (C=O) groups is 2. The van der Waals surface area contributed by atoms with Crippen LogP contribution >= 0.6 is 23.5 Å². The smallest absolute Gasteiger partial charge is 0.306 e. The van der Waals surface area contributed by atoms with Gasteiger partial charge in [0.1, 0.15) is 25.4 Å². The Balaban J connectivity index is 1.29. The van der Waals surface area contributed by atoms with Gasteiger partial charge in [0.15, 0.2) is 0 Å². The van der Waals surface area contributed by atoms with E-state index in [2.05, 4.69) is 37.9 Å². The molecule has 2 aliphatic heterocycles. The van der Waals surface area contributed by atoms with Crippen LogP contribution in [0.1, 0.15) is 54.4 Å². The van der Waals surface area contributed by atoms with Crippen LogP contribution in [0, 0.1) is 0 Å². The van der Waals surface area contributed by atoms with Gasteiger partial charge >= 0.3 is 11.9 Å². The zero-order valence-corrected chi connectivity index (χ0v) is 30.5. The van der Waals surface area contributed by atoms with Crippen molar-refractivity contribution >= 4 is 47.0 Å². The van der Waals surface area contributed by atoms with Crippen LogP contribution in [0.3, 0.4) is 0 Å². The molecule has 2 fully saturated rings. The quantitative estimate of drug-likeness (QED) is 0.228. The number of nitrogens with one attached hydrogen (secondary N) is 2. The summed E-state index contributed by atoms with van der Waals surface area (Å²) in [6.45, 7) is 18.1. The highest BCUT2D eigenvalue weighted by Gasteiger charge is 2.26. The maximum Gasteiger partial charge on any atom is 0.306 e. The van der Waals surface area contributed by atoms with Crippen molar-refractivity contribution in [3.05, 3.63) is 0 Å². The van der Waals surface area contributed by atoms with Crippen LogP contribution in [0.5, 0.6) is 11.8 Å². The summed E-state index contributed by atoms with van der Waals surface area (Å²) in [6, 6.07) is 0. The van der Waals surface area contributed by atoms with Gasteiger partial charge < -0.3 is 48.9 Å². The molecule has 18 heteroatoms. The number of rotatable bonds is 17. The molecule has 0 spiro atoms. The van der Waals surface area contributed by atoms with Crippen molar-refractivity contribution < 1.29 is 38.0 Å². The average molecular weight is 715 g/mol. The Kier molecular flexibility index (Phi) is 14.4. The van der Waals surface area contributed by atoms with Crippen LogP contribution < -0.4 is 29.9 Å². The normalized spacial score (nSPS) is 17.1. The number of esters is 2. The lowest BCUT2D eigenvalue weighted by Gasteiger charge is -2.28. The fraction of sp³-hybridized carbons (Fsp3) is 0.800. The standard InChI is InChI=1S/C30H50N8O8S2/c1-29(2,3)31-17-21(19-43-27-25(33-47-35-27)37-9-13-41-14-10-37)45-23(39)7-8-24(40)46-22(18-32-30(4,5)6)20-44-28-26(34-48-36-28)38-11-15-42-16-12-38/h21-22,31-32H,7-20H2,1-6H3/t21-,22-/m0/s1. The minimum absolute atomic E-state index is 0.0673. The molecule has 0 aromatic carbocycles. The number of carbonyl (C=O) groups excluding carboxylic acids is 2. The Morgan fingerprint density at radius 2 is 1.06 bits per heavy atom. The number of aromatic nitrogens is 4. The van der Waals surface area contributed by atoms with Crippen LogP contribution in [-0.4, -0.2) is 132 Å². The molecule has 2 aromatic rings. The van der Waals surface area contributed by atoms with Crippen molar-refractivity contribution in [2.24, 2.45) is 0 Å². The first-order valence-electron chi connectivity index (χ1n) is 16.3. The topological polar surface area (TPSA) is 172 Å². The van der Waals surface area contributed by atoms with E-state index < -0.39 is 24.1 Å². The Labute approximate surface area is 290 Å². The molecule has 0 radical (unpaired) electrons. The van der Waals surface area contributed by atoms with Crippen molar-refractivity contribution in [3.8, 4) is 11.8 Å². The van der Waals surface area contributed by atoms with Crippen LogP contribution in [0.15, 0.2) is 0 Å². The van der Waals surface area contributed by atoms with Crippen LogP contribution in [-0.2, 0) is 28.5 Å². The largest absolute Gasteiger partial charge is 0.470 e. The van der Waals surface area contributed by atoms with E-state index in [0.717, 1.165) is 23.5 Å². The van der Waals surface area contributed by atoms with E-state index in [-0.39, 0.29) is 37.1 Å². The first-order chi connectivity index (χ1) is 22.9. The first-order valence-corrected chi connectivity index (χ1v) is 17.8. The van der Waals surface area contributed by atoms with E-state index in [1.807, 2.05) is 41.5 Å². The third-order valence-electron chi connectivity index (χ3n) is 7.17. The number of anilines is 2. The summed E-state index contributed by atoms with van der Waals surface area (Å²) in [7, 11) is 0. The molecule has 16 nitrogen and oxygen atoms in total. The second kappa shape index (κ2) is 18.2. The zero-order valence-electron chi connectivity index (χ0n) is 28.8. The number of morpholine rings is 2. The highest BCUT2D eigenvalue weighted by molar-refractivity contribution is 6.99. The van der Waals surface area contributed by atoms with Gasteiger partial charge in [0, 0.05) is 50.3 Å². The third-order valence-corrected chi connectivity index (χ3v) is 8.17. The zero-order chi connectivity index (χ0) is 34.6. The summed E-state index contributed by atoms with van der Waals surface area (Å²) < 4.78 is 51.8. The lowest BCUT2D eigenvalue weighted by Crippen LogP contribution is -2.44. The van der Waals surface area contributed by atoms with Crippen molar-refractivity contribution in [3.63, 3.8) is 0 Å². The maximum atomic E-state index is 12.9. The molecule has 4 heterocycles. The van der Waals surface area contributed by atoms with Gasteiger partial charge in [-0.3, -0.25) is 9.59 Å². The molecule has 4 rings (SSSR count). The third kappa shape index (κ3) is 13.2. The molecule has 270 valence electrons. The summed E-state index contributed by atoms with van der Waals surface area (Å²) in [5.41, 5.74) is -0.434. The molecule has 48 heavy (non-hydrogen) atoms. The van der Waals surface area contributed by atoms with E-state index in [9.17, 15) is 9.59 Å². The van der Waals surface area contributed by atoms with Crippen LogP contribution in [0.2, 0.25) is 0 Å². The highest BCUT2D eigenvalue weighted by atomic mass is 32.1. The molecule has 0 amide bonds. The van der Waals surface area contributed by atoms with Crippen molar-refractivity contribution in [1.29, 1.82) is 0 Å². The molecule has 0 aliphatic carbocycles. The molecular formula is C30H50N8O8S2. The Bertz CT molecular complexity index is 1180. The van der Waals surface area contributed by atoms with Gasteiger partial charge in [0.05, 0.1) is 62.7 Å². The Morgan fingerprint density at radius 3 is 1.42 bits per heavy atom. The molecule has 2 atom stereocenters. The van der Waals surface area contributed by atoms with Crippen molar-refractivity contribution in [2.75, 3.05) is 88.7 Å². The fourth-order valence-electron chi connectivity index (χ4n) is 4.62. The SMILES string of the molecule is CC(C)(C)NC[C@@H](COc1nsnc1N1CCOCC1)OC(=O)CCC(=O)O[C@@H](CNC(C)(C)C)COc1nsnc1N1CCOCC1. The highest BCUT2D eigenvalue weighted by Crippen LogP contribution is 2.28. The van der Waals surface area contributed by atoms with Gasteiger partial charge in [-0.05, 0) is 41.5 Å². The Morgan fingerprint density at radius 1 is 0.688 bits per heavy atom. The number of nitrogens with zero attached hydrogens (tertiary/aromatic N) is 6. The van der Waals surface area contributed by atoms with E-state index in [1.165, 1.54) is 0 Å². The van der Waals surface area contributed by atoms with Gasteiger partial charge in [0.25, 0.3) is 11.8 Å². The van der Waals surface area contributed by atoms with Crippen LogP contribution in [0.4, 0.5) is 11.6 Å². The van der Waals surface area contributed by atoms with E-state index in [1.54, 1.807) is 0 Å². The minimum atomic E-state index is -0.628. The van der Waals surface area contributed by atoms with Crippen LogP contribution in [0.25, 0.3) is 0 Å². The predicted molar refractivity (Wildman–Crippen MR) is 181 cm³/mol. The summed E-state index contributed by atoms with van der Waals surface area (Å²) >= 11 is 2.13. The summed E-state index contributed by atoms with van der Waals surface area (Å²) in [4.78, 5) is 30.0. The number of ether oxygens (including phenoxy) is 6. The first kappa shape index (κ1) is 37.9. The average Bonchev–Trinajstić information content (AvgIpc) is 3.72. The Hall–Kier alpha value is -2.90. The second-order valence-corrected chi connectivity index (χ2v) is 14.6.